The summed E-state index contributed by atoms with van der Waals surface area (Å²) >= 11 is 6.67. The summed E-state index contributed by atoms with van der Waals surface area (Å²) in [4.78, 5) is 4.52. The molecule has 0 saturated carbocycles. The molecule has 0 radical (unpaired) electrons. The van der Waals surface area contributed by atoms with Crippen LogP contribution in [0.2, 0.25) is 0 Å². The van der Waals surface area contributed by atoms with Crippen molar-refractivity contribution in [1.82, 2.24) is 14.8 Å². The average molecular weight is 490 g/mol. The lowest BCUT2D eigenvalue weighted by molar-refractivity contribution is 0.468. The molecule has 1 aliphatic heterocycles. The van der Waals surface area contributed by atoms with Crippen LogP contribution in [0.5, 0.6) is 5.75 Å². The molecule has 2 heterocycles. The first-order chi connectivity index (χ1) is 13.1. The molecule has 0 atom stereocenters. The van der Waals surface area contributed by atoms with E-state index in [-0.39, 0.29) is 5.75 Å². The van der Waals surface area contributed by atoms with Crippen molar-refractivity contribution in [3.8, 4) is 17.1 Å². The predicted octanol–water partition coefficient (Wildman–Crippen LogP) is 5.65. The highest BCUT2D eigenvalue weighted by Gasteiger charge is 2.15. The fourth-order valence-corrected chi connectivity index (χ4v) is 4.43. The maximum absolute atomic E-state index is 9.79. The second-order valence-electron chi connectivity index (χ2n) is 6.54. The van der Waals surface area contributed by atoms with E-state index in [0.717, 1.165) is 41.4 Å². The van der Waals surface area contributed by atoms with E-state index in [0.29, 0.717) is 8.95 Å². The van der Waals surface area contributed by atoms with E-state index < -0.39 is 0 Å². The highest BCUT2D eigenvalue weighted by molar-refractivity contribution is 9.11. The smallest absolute Gasteiger partial charge is 0.163 e. The summed E-state index contributed by atoms with van der Waals surface area (Å²) in [5.74, 6) is 2.21. The first-order valence-electron chi connectivity index (χ1n) is 8.86. The quantitative estimate of drug-likeness (QED) is 0.483. The van der Waals surface area contributed by atoms with E-state index in [1.165, 1.54) is 19.3 Å². The van der Waals surface area contributed by atoms with Crippen molar-refractivity contribution in [1.29, 1.82) is 0 Å². The first kappa shape index (κ1) is 18.4. The van der Waals surface area contributed by atoms with Gasteiger partial charge in [0, 0.05) is 24.7 Å². The zero-order chi connectivity index (χ0) is 18.8. The summed E-state index contributed by atoms with van der Waals surface area (Å²) in [7, 11) is 0. The molecule has 1 aliphatic rings. The minimum absolute atomic E-state index is 0.184. The number of phenols is 1. The molecule has 3 aromatic rings. The van der Waals surface area contributed by atoms with E-state index in [4.69, 9.17) is 0 Å². The van der Waals surface area contributed by atoms with Gasteiger partial charge in [0.15, 0.2) is 5.82 Å². The fourth-order valence-electron chi connectivity index (χ4n) is 3.20. The molecule has 2 aromatic carbocycles. The van der Waals surface area contributed by atoms with E-state index in [9.17, 15) is 5.11 Å². The molecule has 1 N–H and O–H groups in total. The molecule has 0 unspecified atom stereocenters. The summed E-state index contributed by atoms with van der Waals surface area (Å²) in [5.41, 5.74) is 2.80. The molecule has 138 valence electrons. The Morgan fingerprint density at radius 1 is 1.00 bits per heavy atom. The molecule has 0 bridgehead atoms. The van der Waals surface area contributed by atoms with Crippen LogP contribution in [0, 0.1) is 0 Å². The Labute approximate surface area is 174 Å². The third-order valence-electron chi connectivity index (χ3n) is 4.64. The zero-order valence-corrected chi connectivity index (χ0v) is 17.7. The normalized spacial score (nSPS) is 14.3. The van der Waals surface area contributed by atoms with Gasteiger partial charge in [0.2, 0.25) is 0 Å². The number of aromatic hydroxyl groups is 1. The van der Waals surface area contributed by atoms with Gasteiger partial charge in [-0.3, -0.25) is 4.99 Å². The molecule has 0 aliphatic carbocycles. The van der Waals surface area contributed by atoms with Gasteiger partial charge in [0.25, 0.3) is 0 Å². The molecule has 0 saturated heterocycles. The largest absolute Gasteiger partial charge is 0.506 e. The monoisotopic (exact) mass is 488 g/mol. The maximum Gasteiger partial charge on any atom is 0.163 e. The molecule has 5 nitrogen and oxygen atoms in total. The van der Waals surface area contributed by atoms with Gasteiger partial charge in [0.05, 0.1) is 14.6 Å². The Morgan fingerprint density at radius 3 is 2.48 bits per heavy atom. The molecular weight excluding hydrogens is 472 g/mol. The van der Waals surface area contributed by atoms with Gasteiger partial charge in [-0.2, -0.15) is 0 Å². The number of halogens is 2. The van der Waals surface area contributed by atoms with Gasteiger partial charge in [-0.25, -0.2) is 0 Å². The highest BCUT2D eigenvalue weighted by Crippen LogP contribution is 2.33. The number of hydrogen-bond donors (Lipinski definition) is 1. The maximum atomic E-state index is 9.79. The molecule has 0 amide bonds. The number of rotatable bonds is 3. The van der Waals surface area contributed by atoms with Gasteiger partial charge >= 0.3 is 0 Å². The zero-order valence-electron chi connectivity index (χ0n) is 14.6. The van der Waals surface area contributed by atoms with Gasteiger partial charge < -0.3 is 9.67 Å². The van der Waals surface area contributed by atoms with E-state index >= 15 is 0 Å². The molecule has 0 spiro atoms. The van der Waals surface area contributed by atoms with Crippen molar-refractivity contribution >= 4 is 43.8 Å². The number of phenolic OH excluding ortho intramolecular Hbond substituents is 1. The summed E-state index contributed by atoms with van der Waals surface area (Å²) in [5, 5.41) is 18.6. The topological polar surface area (TPSA) is 63.3 Å². The van der Waals surface area contributed by atoms with Crippen LogP contribution in [0.3, 0.4) is 0 Å². The lowest BCUT2D eigenvalue weighted by atomic mass is 10.2. The number of hydrogen-bond acceptors (Lipinski definition) is 4. The fraction of sp³-hybridized carbons (Fsp3) is 0.250. The molecule has 27 heavy (non-hydrogen) atoms. The number of fused-ring (bicyclic) bond motifs is 1. The SMILES string of the molecule is Oc1c(Br)cc(C=Nc2ccc(-c3nnc4n3CCCCC4)cc2)cc1Br. The third-order valence-corrected chi connectivity index (χ3v) is 5.85. The number of aromatic nitrogens is 3. The van der Waals surface area contributed by atoms with Crippen molar-refractivity contribution in [2.75, 3.05) is 0 Å². The van der Waals surface area contributed by atoms with Crippen LogP contribution in [0.15, 0.2) is 50.3 Å². The van der Waals surface area contributed by atoms with Crippen LogP contribution in [0.4, 0.5) is 5.69 Å². The molecule has 7 heteroatoms. The van der Waals surface area contributed by atoms with Gasteiger partial charge in [-0.05, 0) is 86.7 Å². The van der Waals surface area contributed by atoms with Crippen molar-refractivity contribution in [2.45, 2.75) is 32.2 Å². The summed E-state index contributed by atoms with van der Waals surface area (Å²) < 4.78 is 3.50. The lowest BCUT2D eigenvalue weighted by Gasteiger charge is -2.07. The molecule has 1 aromatic heterocycles. The second kappa shape index (κ2) is 7.94. The number of aryl methyl sites for hydroxylation is 1. The Morgan fingerprint density at radius 2 is 1.74 bits per heavy atom. The number of aliphatic imine (C=N–C) groups is 1. The standard InChI is InChI=1S/C20H18Br2N4O/c21-16-10-13(11-17(22)19(16)27)12-23-15-7-5-14(6-8-15)20-25-24-18-4-2-1-3-9-26(18)20/h5-8,10-12,27H,1-4,9H2. The molecular formula is C20H18Br2N4O. The van der Waals surface area contributed by atoms with Crippen LogP contribution < -0.4 is 0 Å². The number of nitrogens with zero attached hydrogens (tertiary/aromatic N) is 4. The Bertz CT molecular complexity index is 973. The predicted molar refractivity (Wildman–Crippen MR) is 114 cm³/mol. The Hall–Kier alpha value is -1.99. The average Bonchev–Trinajstić information content (AvgIpc) is 2.93. The highest BCUT2D eigenvalue weighted by atomic mass is 79.9. The minimum atomic E-state index is 0.184. The van der Waals surface area contributed by atoms with Crippen LogP contribution in [-0.4, -0.2) is 26.1 Å². The van der Waals surface area contributed by atoms with Crippen LogP contribution >= 0.6 is 31.9 Å². The summed E-state index contributed by atoms with van der Waals surface area (Å²) in [6.07, 6.45) is 6.40. The molecule has 0 fully saturated rings. The first-order valence-corrected chi connectivity index (χ1v) is 10.4. The van der Waals surface area contributed by atoms with Gasteiger partial charge in [-0.1, -0.05) is 6.42 Å². The van der Waals surface area contributed by atoms with Crippen LogP contribution in [0.25, 0.3) is 11.4 Å². The van der Waals surface area contributed by atoms with Crippen molar-refractivity contribution < 1.29 is 5.11 Å². The van der Waals surface area contributed by atoms with Gasteiger partial charge in [-0.15, -0.1) is 10.2 Å². The summed E-state index contributed by atoms with van der Waals surface area (Å²) in [6, 6.07) is 11.7. The third kappa shape index (κ3) is 3.99. The lowest BCUT2D eigenvalue weighted by Crippen LogP contribution is -2.02. The van der Waals surface area contributed by atoms with Crippen molar-refractivity contribution in [2.24, 2.45) is 4.99 Å². The van der Waals surface area contributed by atoms with E-state index in [1.807, 2.05) is 36.4 Å². The summed E-state index contributed by atoms with van der Waals surface area (Å²) in [6.45, 7) is 0.988. The van der Waals surface area contributed by atoms with E-state index in [1.54, 1.807) is 6.21 Å². The van der Waals surface area contributed by atoms with Gasteiger partial charge in [0.1, 0.15) is 11.6 Å². The Balaban J connectivity index is 1.55. The second-order valence-corrected chi connectivity index (χ2v) is 8.25. The van der Waals surface area contributed by atoms with Crippen molar-refractivity contribution in [3.63, 3.8) is 0 Å². The van der Waals surface area contributed by atoms with E-state index in [2.05, 4.69) is 51.6 Å². The molecule has 4 rings (SSSR count). The van der Waals surface area contributed by atoms with Crippen LogP contribution in [-0.2, 0) is 13.0 Å². The Kier molecular flexibility index (Phi) is 5.41. The number of benzene rings is 2. The minimum Gasteiger partial charge on any atom is -0.506 e. The van der Waals surface area contributed by atoms with Crippen molar-refractivity contribution in [3.05, 3.63) is 56.7 Å². The van der Waals surface area contributed by atoms with Crippen LogP contribution in [0.1, 0.15) is 30.7 Å².